The van der Waals surface area contributed by atoms with Gasteiger partial charge in [0.25, 0.3) is 11.8 Å². The highest BCUT2D eigenvalue weighted by molar-refractivity contribution is 7.99. The van der Waals surface area contributed by atoms with Crippen LogP contribution < -0.4 is 5.32 Å². The number of nitrogens with one attached hydrogen (secondary N) is 1. The molecular formula is C24H22ClN3O4S2. The molecule has 4 rings (SSSR count). The molecule has 1 aromatic carbocycles. The van der Waals surface area contributed by atoms with E-state index in [0.717, 1.165) is 17.1 Å². The highest BCUT2D eigenvalue weighted by atomic mass is 35.5. The number of benzene rings is 1. The van der Waals surface area contributed by atoms with Gasteiger partial charge >= 0.3 is 5.97 Å². The molecule has 0 saturated heterocycles. The third-order valence-electron chi connectivity index (χ3n) is 5.35. The fraction of sp³-hybridized carbons (Fsp3) is 0.250. The van der Waals surface area contributed by atoms with Crippen molar-refractivity contribution < 1.29 is 19.5 Å². The molecule has 1 aliphatic heterocycles. The first kappa shape index (κ1) is 24.3. The average molecular weight is 516 g/mol. The van der Waals surface area contributed by atoms with E-state index in [0.29, 0.717) is 29.1 Å². The number of hydrogen-bond donors (Lipinski definition) is 2. The number of nitrogens with zero attached hydrogens (tertiary/aromatic N) is 2. The summed E-state index contributed by atoms with van der Waals surface area (Å²) >= 11 is 8.85. The summed E-state index contributed by atoms with van der Waals surface area (Å²) in [6.45, 7) is 2.73. The summed E-state index contributed by atoms with van der Waals surface area (Å²) in [5.41, 5.74) is 1.54. The van der Waals surface area contributed by atoms with E-state index in [-0.39, 0.29) is 33.6 Å². The van der Waals surface area contributed by atoms with Gasteiger partial charge in [-0.05, 0) is 48.4 Å². The predicted octanol–water partition coefficient (Wildman–Crippen LogP) is 5.45. The minimum atomic E-state index is -1.11. The molecule has 7 nitrogen and oxygen atoms in total. The second-order valence-corrected chi connectivity index (χ2v) is 10.2. The van der Waals surface area contributed by atoms with Crippen LogP contribution in [0.5, 0.6) is 0 Å². The van der Waals surface area contributed by atoms with Gasteiger partial charge in [-0.25, -0.2) is 9.78 Å². The van der Waals surface area contributed by atoms with E-state index in [2.05, 4.69) is 17.2 Å². The summed E-state index contributed by atoms with van der Waals surface area (Å²) in [5.74, 6) is -0.864. The molecule has 0 spiro atoms. The van der Waals surface area contributed by atoms with Crippen molar-refractivity contribution in [1.82, 2.24) is 9.88 Å². The Labute approximate surface area is 210 Å². The zero-order chi connectivity index (χ0) is 24.2. The van der Waals surface area contributed by atoms with Crippen LogP contribution >= 0.6 is 34.7 Å². The van der Waals surface area contributed by atoms with Crippen molar-refractivity contribution in [3.05, 3.63) is 74.7 Å². The van der Waals surface area contributed by atoms with E-state index in [4.69, 9.17) is 11.6 Å². The van der Waals surface area contributed by atoms with E-state index in [9.17, 15) is 19.5 Å². The quantitative estimate of drug-likeness (QED) is 0.406. The standard InChI is InChI=1S/C24H22ClN3O4S2/c1-2-12-33-21-16(7-5-10-26-21)23(30)28-11-9-15-18(13-28)34-22(19(15)24(31)32)27-20(29)14-6-3-4-8-17(14)25/h3-8,10H,2,9,11-13H2,1H3,(H,27,29)(H,31,32). The van der Waals surface area contributed by atoms with Crippen molar-refractivity contribution in [2.45, 2.75) is 31.3 Å². The normalized spacial score (nSPS) is 12.8. The smallest absolute Gasteiger partial charge is 0.339 e. The molecule has 2 N–H and O–H groups in total. The van der Waals surface area contributed by atoms with Gasteiger partial charge in [0.05, 0.1) is 28.3 Å². The van der Waals surface area contributed by atoms with E-state index in [1.807, 2.05) is 0 Å². The Morgan fingerprint density at radius 3 is 2.71 bits per heavy atom. The Morgan fingerprint density at radius 2 is 1.97 bits per heavy atom. The second-order valence-electron chi connectivity index (χ2n) is 7.63. The first-order valence-electron chi connectivity index (χ1n) is 10.7. The monoisotopic (exact) mass is 515 g/mol. The second kappa shape index (κ2) is 10.6. The van der Waals surface area contributed by atoms with Gasteiger partial charge in [-0.3, -0.25) is 9.59 Å². The van der Waals surface area contributed by atoms with Crippen molar-refractivity contribution in [3.8, 4) is 0 Å². The van der Waals surface area contributed by atoms with Crippen LogP contribution in [0.2, 0.25) is 5.02 Å². The maximum Gasteiger partial charge on any atom is 0.339 e. The highest BCUT2D eigenvalue weighted by Gasteiger charge is 2.31. The molecule has 0 saturated carbocycles. The van der Waals surface area contributed by atoms with Gasteiger partial charge in [0, 0.05) is 17.6 Å². The van der Waals surface area contributed by atoms with Crippen LogP contribution in [-0.2, 0) is 13.0 Å². The van der Waals surface area contributed by atoms with E-state index in [1.54, 1.807) is 59.3 Å². The fourth-order valence-corrected chi connectivity index (χ4v) is 6.06. The molecule has 34 heavy (non-hydrogen) atoms. The molecule has 176 valence electrons. The van der Waals surface area contributed by atoms with Crippen molar-refractivity contribution in [2.24, 2.45) is 0 Å². The molecule has 1 aliphatic rings. The predicted molar refractivity (Wildman–Crippen MR) is 134 cm³/mol. The summed E-state index contributed by atoms with van der Waals surface area (Å²) in [5, 5.41) is 13.8. The summed E-state index contributed by atoms with van der Waals surface area (Å²) in [4.78, 5) is 44.9. The molecule has 3 aromatic rings. The number of carboxylic acids is 1. The van der Waals surface area contributed by atoms with Gasteiger partial charge in [0.1, 0.15) is 10.0 Å². The number of pyridine rings is 1. The molecule has 0 radical (unpaired) electrons. The van der Waals surface area contributed by atoms with Crippen LogP contribution in [0, 0.1) is 0 Å². The molecule has 0 fully saturated rings. The molecule has 0 bridgehead atoms. The van der Waals surface area contributed by atoms with Gasteiger partial charge in [0.2, 0.25) is 0 Å². The molecule has 0 atom stereocenters. The molecule has 3 heterocycles. The minimum Gasteiger partial charge on any atom is -0.478 e. The van der Waals surface area contributed by atoms with E-state index < -0.39 is 11.9 Å². The zero-order valence-electron chi connectivity index (χ0n) is 18.3. The first-order valence-corrected chi connectivity index (χ1v) is 12.9. The van der Waals surface area contributed by atoms with Gasteiger partial charge in [0.15, 0.2) is 0 Å². The largest absolute Gasteiger partial charge is 0.478 e. The third-order valence-corrected chi connectivity index (χ3v) is 8.02. The minimum absolute atomic E-state index is 0.0769. The summed E-state index contributed by atoms with van der Waals surface area (Å²) in [6.07, 6.45) is 3.03. The molecule has 2 aromatic heterocycles. The number of rotatable bonds is 7. The lowest BCUT2D eigenvalue weighted by atomic mass is 10.0. The molecule has 2 amide bonds. The van der Waals surface area contributed by atoms with Crippen LogP contribution in [0.4, 0.5) is 5.00 Å². The Bertz CT molecular complexity index is 1260. The summed E-state index contributed by atoms with van der Waals surface area (Å²) in [6, 6.07) is 10.1. The molecular weight excluding hydrogens is 494 g/mol. The number of anilines is 1. The maximum atomic E-state index is 13.3. The SMILES string of the molecule is CCCSc1ncccc1C(=O)N1CCc2c(sc(NC(=O)c3ccccc3Cl)c2C(=O)O)C1. The number of aromatic carboxylic acids is 1. The van der Waals surface area contributed by atoms with E-state index >= 15 is 0 Å². The Morgan fingerprint density at radius 1 is 1.21 bits per heavy atom. The number of amides is 2. The maximum absolute atomic E-state index is 13.3. The third kappa shape index (κ3) is 4.96. The Hall–Kier alpha value is -2.88. The van der Waals surface area contributed by atoms with Crippen LogP contribution in [-0.4, -0.2) is 45.1 Å². The number of carbonyl (C=O) groups is 3. The van der Waals surface area contributed by atoms with E-state index in [1.165, 1.54) is 11.3 Å². The molecule has 0 unspecified atom stereocenters. The highest BCUT2D eigenvalue weighted by Crippen LogP contribution is 2.38. The van der Waals surface area contributed by atoms with Crippen molar-refractivity contribution >= 4 is 57.5 Å². The Kier molecular flexibility index (Phi) is 7.55. The number of carbonyl (C=O) groups excluding carboxylic acids is 2. The van der Waals surface area contributed by atoms with Crippen molar-refractivity contribution in [2.75, 3.05) is 17.6 Å². The topological polar surface area (TPSA) is 99.6 Å². The fourth-order valence-electron chi connectivity index (χ4n) is 3.74. The first-order chi connectivity index (χ1) is 16.4. The van der Waals surface area contributed by atoms with Crippen LogP contribution in [0.15, 0.2) is 47.6 Å². The lowest BCUT2D eigenvalue weighted by Crippen LogP contribution is -2.36. The van der Waals surface area contributed by atoms with Crippen molar-refractivity contribution in [3.63, 3.8) is 0 Å². The number of thiophene rings is 1. The summed E-state index contributed by atoms with van der Waals surface area (Å²) in [7, 11) is 0. The number of hydrogen-bond acceptors (Lipinski definition) is 6. The number of carboxylic acid groups (broad SMARTS) is 1. The van der Waals surface area contributed by atoms with Crippen LogP contribution in [0.3, 0.4) is 0 Å². The van der Waals surface area contributed by atoms with Gasteiger partial charge in [-0.2, -0.15) is 0 Å². The van der Waals surface area contributed by atoms with Crippen molar-refractivity contribution in [1.29, 1.82) is 0 Å². The number of halogens is 1. The van der Waals surface area contributed by atoms with Crippen LogP contribution in [0.1, 0.15) is 54.9 Å². The number of thioether (sulfide) groups is 1. The van der Waals surface area contributed by atoms with Gasteiger partial charge in [-0.15, -0.1) is 23.1 Å². The number of aromatic nitrogens is 1. The summed E-state index contributed by atoms with van der Waals surface area (Å²) < 4.78 is 0. The van der Waals surface area contributed by atoms with Crippen LogP contribution in [0.25, 0.3) is 0 Å². The number of fused-ring (bicyclic) bond motifs is 1. The lowest BCUT2D eigenvalue weighted by Gasteiger charge is -2.27. The lowest BCUT2D eigenvalue weighted by molar-refractivity contribution is 0.0696. The van der Waals surface area contributed by atoms with Gasteiger partial charge in [-0.1, -0.05) is 30.7 Å². The zero-order valence-corrected chi connectivity index (χ0v) is 20.7. The average Bonchev–Trinajstić information content (AvgIpc) is 3.19. The Balaban J connectivity index is 1.59. The van der Waals surface area contributed by atoms with Gasteiger partial charge < -0.3 is 15.3 Å². The molecule has 10 heteroatoms. The molecule has 0 aliphatic carbocycles.